The number of hydrogen-bond acceptors (Lipinski definition) is 11. The van der Waals surface area contributed by atoms with Crippen molar-refractivity contribution in [3.8, 4) is 0 Å². The molecule has 0 aromatic carbocycles. The third-order valence-electron chi connectivity index (χ3n) is 5.73. The Morgan fingerprint density at radius 2 is 1.02 bits per heavy atom. The fourth-order valence-electron chi connectivity index (χ4n) is 3.73. The summed E-state index contributed by atoms with van der Waals surface area (Å²) >= 11 is 0. The number of Topliss-reactive ketones (excluding diaryl/α,β-unsaturated/α-hetero) is 1. The monoisotopic (exact) mass is 700 g/mol. The molecular weight excluding hydrogens is 651 g/mol. The van der Waals surface area contributed by atoms with Crippen LogP contribution in [0.2, 0.25) is 0 Å². The van der Waals surface area contributed by atoms with Crippen LogP contribution in [0, 0.1) is 27.7 Å². The Kier molecular flexibility index (Phi) is 21.2. The molecule has 0 saturated carbocycles. The Hall–Kier alpha value is -4.12. The average Bonchev–Trinajstić information content (AvgIpc) is 2.85. The second kappa shape index (κ2) is 21.1. The van der Waals surface area contributed by atoms with Crippen LogP contribution in [0.15, 0.2) is 12.1 Å². The van der Waals surface area contributed by atoms with E-state index in [1.165, 1.54) is 6.92 Å². The maximum Gasteiger partial charge on any atom is 1.00 e. The van der Waals surface area contributed by atoms with E-state index in [0.717, 1.165) is 16.7 Å². The molecule has 4 amide bonds. The molecule has 0 fully saturated rings. The summed E-state index contributed by atoms with van der Waals surface area (Å²) in [6.07, 6.45) is -1.20. The molecule has 0 aliphatic rings. The second-order valence-electron chi connectivity index (χ2n) is 12.3. The van der Waals surface area contributed by atoms with Crippen LogP contribution >= 0.6 is 0 Å². The molecule has 0 aliphatic carbocycles. The van der Waals surface area contributed by atoms with E-state index in [0.29, 0.717) is 28.6 Å². The summed E-state index contributed by atoms with van der Waals surface area (Å²) in [5.41, 5.74) is 3.10. The van der Waals surface area contributed by atoms with Gasteiger partial charge >= 0.3 is 53.6 Å². The molecule has 0 unspecified atom stereocenters. The fourth-order valence-corrected chi connectivity index (χ4v) is 3.73. The Morgan fingerprint density at radius 1 is 0.694 bits per heavy atom. The van der Waals surface area contributed by atoms with Gasteiger partial charge in [-0.15, -0.1) is 0 Å². The number of carboxylic acids is 1. The number of ketones is 1. The normalized spacial score (nSPS) is 10.2. The van der Waals surface area contributed by atoms with Gasteiger partial charge in [-0.25, -0.2) is 24.4 Å². The molecular formula is C32H49N6NaO10. The van der Waals surface area contributed by atoms with Crippen LogP contribution in [-0.2, 0) is 41.7 Å². The van der Waals surface area contributed by atoms with Crippen LogP contribution in [0.3, 0.4) is 0 Å². The van der Waals surface area contributed by atoms with Crippen LogP contribution in [0.4, 0.5) is 21.2 Å². The van der Waals surface area contributed by atoms with Gasteiger partial charge in [-0.3, -0.25) is 25.0 Å². The molecule has 2 aromatic heterocycles. The van der Waals surface area contributed by atoms with E-state index < -0.39 is 47.0 Å². The number of nitrogens with zero attached hydrogens (tertiary/aromatic N) is 2. The summed E-state index contributed by atoms with van der Waals surface area (Å²) in [5.74, 6) is -3.12. The van der Waals surface area contributed by atoms with Crippen molar-refractivity contribution in [3.05, 3.63) is 45.8 Å². The Bertz CT molecular complexity index is 1340. The fraction of sp³-hybridized carbons (Fsp3) is 0.500. The van der Waals surface area contributed by atoms with Gasteiger partial charge in [0.25, 0.3) is 5.91 Å². The Morgan fingerprint density at radius 3 is 1.29 bits per heavy atom. The van der Waals surface area contributed by atoms with E-state index in [-0.39, 0.29) is 55.5 Å². The minimum atomic E-state index is -1.54. The predicted molar refractivity (Wildman–Crippen MR) is 178 cm³/mol. The molecule has 0 radical (unpaired) electrons. The van der Waals surface area contributed by atoms with Gasteiger partial charge in [0.15, 0.2) is 0 Å². The van der Waals surface area contributed by atoms with Crippen molar-refractivity contribution in [2.45, 2.75) is 108 Å². The SMILES string of the molecule is C.CC(=O)C(=O)NCc1c(C)cc(NC(=O)OC(C)(C)C)nc1C.Cc1cc(NC(=O)OC(C)(C)C)nc(C)c1CNC(=O)C(=O)O.[Na+].[OH-]. The molecule has 0 aliphatic heterocycles. The largest absolute Gasteiger partial charge is 1.00 e. The molecule has 2 aromatic rings. The quantitative estimate of drug-likeness (QED) is 0.204. The van der Waals surface area contributed by atoms with Crippen LogP contribution in [0.25, 0.3) is 0 Å². The van der Waals surface area contributed by atoms with Crippen molar-refractivity contribution in [3.63, 3.8) is 0 Å². The number of aromatic nitrogens is 2. The van der Waals surface area contributed by atoms with Gasteiger partial charge in [-0.1, -0.05) is 7.43 Å². The molecule has 2 heterocycles. The number of aryl methyl sites for hydroxylation is 4. The van der Waals surface area contributed by atoms with Gasteiger partial charge in [-0.05, 0) is 104 Å². The van der Waals surface area contributed by atoms with Gasteiger partial charge in [-0.2, -0.15) is 0 Å². The number of aliphatic carboxylic acids is 1. The zero-order chi connectivity index (χ0) is 35.6. The average molecular weight is 701 g/mol. The molecule has 0 atom stereocenters. The Balaban J connectivity index is -0.000000814. The third-order valence-corrected chi connectivity index (χ3v) is 5.73. The van der Waals surface area contributed by atoms with E-state index in [4.69, 9.17) is 14.6 Å². The van der Waals surface area contributed by atoms with Crippen LogP contribution in [-0.4, -0.2) is 67.5 Å². The number of nitrogens with one attached hydrogen (secondary N) is 4. The van der Waals surface area contributed by atoms with E-state index in [9.17, 15) is 28.8 Å². The molecule has 6 N–H and O–H groups in total. The van der Waals surface area contributed by atoms with Crippen molar-refractivity contribution in [1.82, 2.24) is 20.6 Å². The van der Waals surface area contributed by atoms with E-state index in [2.05, 4.69) is 31.2 Å². The summed E-state index contributed by atoms with van der Waals surface area (Å²) < 4.78 is 10.3. The van der Waals surface area contributed by atoms with E-state index in [1.807, 2.05) is 6.92 Å². The number of carboxylic acid groups (broad SMARTS) is 1. The number of rotatable bonds is 7. The van der Waals surface area contributed by atoms with E-state index in [1.54, 1.807) is 74.4 Å². The molecule has 0 spiro atoms. The molecule has 49 heavy (non-hydrogen) atoms. The summed E-state index contributed by atoms with van der Waals surface area (Å²) in [7, 11) is 0. The maximum absolute atomic E-state index is 11.8. The predicted octanol–water partition coefficient (Wildman–Crippen LogP) is 1.46. The molecule has 2 rings (SSSR count). The summed E-state index contributed by atoms with van der Waals surface area (Å²) in [6.45, 7) is 19.1. The number of ether oxygens (including phenoxy) is 2. The van der Waals surface area contributed by atoms with E-state index >= 15 is 0 Å². The number of pyridine rings is 2. The van der Waals surface area contributed by atoms with Gasteiger partial charge in [0.1, 0.15) is 22.8 Å². The van der Waals surface area contributed by atoms with Crippen LogP contribution in [0.1, 0.15) is 89.5 Å². The van der Waals surface area contributed by atoms with Crippen molar-refractivity contribution in [1.29, 1.82) is 0 Å². The molecule has 0 bridgehead atoms. The molecule has 268 valence electrons. The summed E-state index contributed by atoms with van der Waals surface area (Å²) in [6, 6.07) is 3.31. The van der Waals surface area contributed by atoms with Gasteiger partial charge < -0.3 is 30.7 Å². The third kappa shape index (κ3) is 18.9. The first-order valence-corrected chi connectivity index (χ1v) is 14.2. The zero-order valence-corrected chi connectivity index (χ0v) is 31.6. The maximum atomic E-state index is 11.8. The zero-order valence-electron chi connectivity index (χ0n) is 29.6. The summed E-state index contributed by atoms with van der Waals surface area (Å²) in [5, 5.41) is 18.5. The molecule has 0 saturated heterocycles. The first kappa shape index (κ1) is 49.3. The minimum absolute atomic E-state index is 0. The van der Waals surface area contributed by atoms with Crippen molar-refractivity contribution >= 4 is 47.4 Å². The minimum Gasteiger partial charge on any atom is -0.870 e. The number of carbonyl (C=O) groups is 6. The first-order valence-electron chi connectivity index (χ1n) is 14.2. The number of hydrogen-bond donors (Lipinski definition) is 5. The smallest absolute Gasteiger partial charge is 0.870 e. The van der Waals surface area contributed by atoms with Crippen molar-refractivity contribution < 1.29 is 78.4 Å². The Labute approximate surface area is 309 Å². The molecule has 17 heteroatoms. The topological polar surface area (TPSA) is 245 Å². The number of anilines is 2. The molecule has 16 nitrogen and oxygen atoms in total. The summed E-state index contributed by atoms with van der Waals surface area (Å²) in [4.78, 5) is 75.8. The first-order chi connectivity index (χ1) is 21.0. The van der Waals surface area contributed by atoms with Gasteiger partial charge in [0, 0.05) is 31.4 Å². The van der Waals surface area contributed by atoms with Gasteiger partial charge in [0.2, 0.25) is 5.78 Å². The van der Waals surface area contributed by atoms with Crippen LogP contribution < -0.4 is 50.8 Å². The second-order valence-corrected chi connectivity index (χ2v) is 12.3. The number of carbonyl (C=O) groups excluding carboxylic acids is 5. The van der Waals surface area contributed by atoms with Crippen molar-refractivity contribution in [2.24, 2.45) is 0 Å². The van der Waals surface area contributed by atoms with Gasteiger partial charge in [0.05, 0.1) is 0 Å². The number of amides is 4. The van der Waals surface area contributed by atoms with Crippen molar-refractivity contribution in [2.75, 3.05) is 10.6 Å². The standard InChI is InChI=1S/C16H23N3O4.C15H21N3O5.CH4.Na.H2O/c1-9-7-13(19-15(22)23-16(4,5)6)18-10(2)12(9)8-17-14(21)11(3)20;1-8-6-11(18-14(22)23-15(3,4)5)17-9(2)10(8)7-16-12(19)13(20)21;;;/h7H,8H2,1-6H3,(H,17,21)(H,18,19,22);6H,7H2,1-5H3,(H,16,19)(H,20,21)(H,17,18,22);1H4;;1H2/q;;;+1;/p-1. The van der Waals surface area contributed by atoms with Crippen LogP contribution in [0.5, 0.6) is 0 Å².